The molecule has 1 aliphatic heterocycles. The van der Waals surface area contributed by atoms with Crippen molar-refractivity contribution in [2.75, 3.05) is 6.61 Å². The average Bonchev–Trinajstić information content (AvgIpc) is 2.26. The van der Waals surface area contributed by atoms with Crippen molar-refractivity contribution in [3.05, 3.63) is 0 Å². The number of aliphatic hydroxyl groups is 1. The first-order valence-corrected chi connectivity index (χ1v) is 4.72. The molecule has 3 nitrogen and oxygen atoms in total. The van der Waals surface area contributed by atoms with E-state index in [9.17, 15) is 5.11 Å². The second-order valence-corrected chi connectivity index (χ2v) is 5.18. The van der Waals surface area contributed by atoms with E-state index >= 15 is 0 Å². The fraction of sp³-hybridized carbons (Fsp3) is 1.00. The molecule has 0 aromatic carbocycles. The maximum absolute atomic E-state index is 9.91. The highest BCUT2D eigenvalue weighted by atomic mass is 16.7. The minimum atomic E-state index is -0.545. The lowest BCUT2D eigenvalue weighted by Crippen LogP contribution is -2.40. The largest absolute Gasteiger partial charge is 0.390 e. The van der Waals surface area contributed by atoms with E-state index in [1.54, 1.807) is 0 Å². The summed E-state index contributed by atoms with van der Waals surface area (Å²) in [6, 6.07) is 0. The van der Waals surface area contributed by atoms with E-state index in [1.165, 1.54) is 0 Å². The maximum Gasteiger partial charge on any atom is 0.163 e. The lowest BCUT2D eigenvalue weighted by atomic mass is 9.86. The summed E-state index contributed by atoms with van der Waals surface area (Å²) in [7, 11) is 0. The van der Waals surface area contributed by atoms with Gasteiger partial charge in [0.25, 0.3) is 0 Å². The van der Waals surface area contributed by atoms with Crippen molar-refractivity contribution < 1.29 is 14.6 Å². The Kier molecular flexibility index (Phi) is 2.72. The molecule has 2 atom stereocenters. The quantitative estimate of drug-likeness (QED) is 0.678. The van der Waals surface area contributed by atoms with Crippen LogP contribution in [-0.4, -0.2) is 29.7 Å². The Morgan fingerprint density at radius 3 is 2.23 bits per heavy atom. The smallest absolute Gasteiger partial charge is 0.163 e. The Hall–Kier alpha value is -0.120. The third-order valence-electron chi connectivity index (χ3n) is 2.27. The van der Waals surface area contributed by atoms with Gasteiger partial charge in [-0.3, -0.25) is 0 Å². The molecule has 1 aliphatic rings. The molecule has 13 heavy (non-hydrogen) atoms. The van der Waals surface area contributed by atoms with Gasteiger partial charge in [0.1, 0.15) is 6.10 Å². The Balaban J connectivity index is 2.57. The summed E-state index contributed by atoms with van der Waals surface area (Å²) >= 11 is 0. The molecule has 0 aliphatic carbocycles. The molecule has 0 saturated carbocycles. The SMILES string of the molecule is CC1(C)OCC(C(O)C(C)(C)C)O1. The molecule has 0 amide bonds. The Labute approximate surface area is 80.0 Å². The number of ether oxygens (including phenoxy) is 2. The van der Waals surface area contributed by atoms with Crippen molar-refractivity contribution in [2.24, 2.45) is 5.41 Å². The molecular weight excluding hydrogens is 168 g/mol. The summed E-state index contributed by atoms with van der Waals surface area (Å²) in [5.74, 6) is -0.545. The van der Waals surface area contributed by atoms with E-state index in [2.05, 4.69) is 0 Å². The van der Waals surface area contributed by atoms with Crippen LogP contribution in [0.5, 0.6) is 0 Å². The van der Waals surface area contributed by atoms with Gasteiger partial charge in [-0.05, 0) is 19.3 Å². The molecule has 0 bridgehead atoms. The van der Waals surface area contributed by atoms with E-state index in [4.69, 9.17) is 9.47 Å². The van der Waals surface area contributed by atoms with E-state index in [1.807, 2.05) is 34.6 Å². The first-order chi connectivity index (χ1) is 5.72. The zero-order chi connectivity index (χ0) is 10.3. The highest BCUT2D eigenvalue weighted by Crippen LogP contribution is 2.31. The van der Waals surface area contributed by atoms with Gasteiger partial charge in [0.15, 0.2) is 5.79 Å². The minimum absolute atomic E-state index is 0.158. The molecule has 1 heterocycles. The number of hydrogen-bond donors (Lipinski definition) is 1. The normalized spacial score (nSPS) is 30.5. The summed E-state index contributed by atoms with van der Waals surface area (Å²) in [4.78, 5) is 0. The summed E-state index contributed by atoms with van der Waals surface area (Å²) in [5.41, 5.74) is -0.158. The Morgan fingerprint density at radius 1 is 1.38 bits per heavy atom. The first kappa shape index (κ1) is 11.0. The van der Waals surface area contributed by atoms with Crippen LogP contribution < -0.4 is 0 Å². The highest BCUT2D eigenvalue weighted by Gasteiger charge is 2.40. The van der Waals surface area contributed by atoms with Crippen LogP contribution in [0.1, 0.15) is 34.6 Å². The van der Waals surface area contributed by atoms with Crippen LogP contribution >= 0.6 is 0 Å². The minimum Gasteiger partial charge on any atom is -0.390 e. The second-order valence-electron chi connectivity index (χ2n) is 5.18. The molecular formula is C10H20O3. The van der Waals surface area contributed by atoms with Crippen molar-refractivity contribution in [2.45, 2.75) is 52.6 Å². The van der Waals surface area contributed by atoms with Gasteiger partial charge in [-0.15, -0.1) is 0 Å². The van der Waals surface area contributed by atoms with Gasteiger partial charge in [0.2, 0.25) is 0 Å². The fourth-order valence-corrected chi connectivity index (χ4v) is 1.43. The standard InChI is InChI=1S/C10H20O3/c1-9(2,3)8(11)7-6-12-10(4,5)13-7/h7-8,11H,6H2,1-5H3. The van der Waals surface area contributed by atoms with E-state index in [-0.39, 0.29) is 11.5 Å². The lowest BCUT2D eigenvalue weighted by Gasteiger charge is -2.30. The van der Waals surface area contributed by atoms with Crippen molar-refractivity contribution in [1.29, 1.82) is 0 Å². The van der Waals surface area contributed by atoms with Crippen molar-refractivity contribution in [3.63, 3.8) is 0 Å². The van der Waals surface area contributed by atoms with Crippen LogP contribution in [0.25, 0.3) is 0 Å². The second kappa shape index (κ2) is 3.23. The molecule has 1 saturated heterocycles. The summed E-state index contributed by atoms with van der Waals surface area (Å²) in [6.07, 6.45) is -0.677. The van der Waals surface area contributed by atoms with Crippen molar-refractivity contribution in [1.82, 2.24) is 0 Å². The molecule has 1 N–H and O–H groups in total. The third-order valence-corrected chi connectivity index (χ3v) is 2.27. The van der Waals surface area contributed by atoms with Crippen LogP contribution in [0, 0.1) is 5.41 Å². The van der Waals surface area contributed by atoms with Gasteiger partial charge in [0, 0.05) is 0 Å². The highest BCUT2D eigenvalue weighted by molar-refractivity contribution is 4.84. The predicted octanol–water partition coefficient (Wildman–Crippen LogP) is 1.54. The zero-order valence-corrected chi connectivity index (χ0v) is 9.13. The Bertz CT molecular complexity index is 181. The fourth-order valence-electron chi connectivity index (χ4n) is 1.43. The average molecular weight is 188 g/mol. The molecule has 0 aromatic heterocycles. The van der Waals surface area contributed by atoms with Crippen LogP contribution in [0.3, 0.4) is 0 Å². The van der Waals surface area contributed by atoms with Crippen molar-refractivity contribution >= 4 is 0 Å². The third kappa shape index (κ3) is 2.66. The van der Waals surface area contributed by atoms with Gasteiger partial charge < -0.3 is 14.6 Å². The van der Waals surface area contributed by atoms with E-state index < -0.39 is 11.9 Å². The molecule has 0 aromatic rings. The van der Waals surface area contributed by atoms with E-state index in [0.717, 1.165) is 0 Å². The van der Waals surface area contributed by atoms with Crippen LogP contribution in [0.15, 0.2) is 0 Å². The van der Waals surface area contributed by atoms with Crippen LogP contribution in [0.2, 0.25) is 0 Å². The monoisotopic (exact) mass is 188 g/mol. The molecule has 1 rings (SSSR count). The number of aliphatic hydroxyl groups excluding tert-OH is 1. The zero-order valence-electron chi connectivity index (χ0n) is 9.13. The number of hydrogen-bond acceptors (Lipinski definition) is 3. The van der Waals surface area contributed by atoms with Gasteiger partial charge in [0.05, 0.1) is 12.7 Å². The summed E-state index contributed by atoms with van der Waals surface area (Å²) in [6.45, 7) is 10.2. The number of rotatable bonds is 1. The van der Waals surface area contributed by atoms with Crippen molar-refractivity contribution in [3.8, 4) is 0 Å². The topological polar surface area (TPSA) is 38.7 Å². The van der Waals surface area contributed by atoms with Gasteiger partial charge >= 0.3 is 0 Å². The molecule has 1 fully saturated rings. The van der Waals surface area contributed by atoms with Crippen LogP contribution in [-0.2, 0) is 9.47 Å². The van der Waals surface area contributed by atoms with Gasteiger partial charge in [-0.25, -0.2) is 0 Å². The molecule has 78 valence electrons. The summed E-state index contributed by atoms with van der Waals surface area (Å²) < 4.78 is 11.0. The summed E-state index contributed by atoms with van der Waals surface area (Å²) in [5, 5.41) is 9.91. The molecule has 2 unspecified atom stereocenters. The first-order valence-electron chi connectivity index (χ1n) is 4.72. The lowest BCUT2D eigenvalue weighted by molar-refractivity contribution is -0.159. The van der Waals surface area contributed by atoms with Gasteiger partial charge in [-0.1, -0.05) is 20.8 Å². The van der Waals surface area contributed by atoms with E-state index in [0.29, 0.717) is 6.61 Å². The molecule has 3 heteroatoms. The Morgan fingerprint density at radius 2 is 1.92 bits per heavy atom. The van der Waals surface area contributed by atoms with Crippen LogP contribution in [0.4, 0.5) is 0 Å². The van der Waals surface area contributed by atoms with Gasteiger partial charge in [-0.2, -0.15) is 0 Å². The molecule has 0 radical (unpaired) electrons. The molecule has 0 spiro atoms. The predicted molar refractivity (Wildman–Crippen MR) is 50.4 cm³/mol. The maximum atomic E-state index is 9.91.